The molecule has 0 unspecified atom stereocenters. The maximum Gasteiger partial charge on any atom is 0.251 e. The van der Waals surface area contributed by atoms with Crippen molar-refractivity contribution >= 4 is 29.1 Å². The number of amides is 3. The first kappa shape index (κ1) is 17.8. The smallest absolute Gasteiger partial charge is 0.251 e. The highest BCUT2D eigenvalue weighted by molar-refractivity contribution is 6.22. The summed E-state index contributed by atoms with van der Waals surface area (Å²) < 4.78 is 0. The third kappa shape index (κ3) is 4.12. The van der Waals surface area contributed by atoms with E-state index in [0.717, 1.165) is 5.69 Å². The van der Waals surface area contributed by atoms with Crippen molar-refractivity contribution in [3.8, 4) is 0 Å². The Labute approximate surface area is 151 Å². The number of anilines is 2. The number of carbonyl (C=O) groups excluding carboxylic acids is 3. The maximum atomic E-state index is 12.6. The predicted octanol–water partition coefficient (Wildman–Crippen LogP) is 1.50. The number of benzene rings is 1. The molecule has 1 saturated heterocycles. The van der Waals surface area contributed by atoms with E-state index in [1.807, 2.05) is 18.2 Å². The Bertz CT molecular complexity index is 805. The lowest BCUT2D eigenvalue weighted by molar-refractivity contribution is -0.121. The summed E-state index contributed by atoms with van der Waals surface area (Å²) >= 11 is 0. The van der Waals surface area contributed by atoms with Gasteiger partial charge in [-0.05, 0) is 36.4 Å². The second kappa shape index (κ2) is 7.88. The summed E-state index contributed by atoms with van der Waals surface area (Å²) in [5.41, 5.74) is 2.05. The molecule has 3 amide bonds. The third-order valence-electron chi connectivity index (χ3n) is 4.09. The average molecular weight is 352 g/mol. The van der Waals surface area contributed by atoms with Crippen molar-refractivity contribution in [2.45, 2.75) is 25.8 Å². The number of hydrogen-bond donors (Lipinski definition) is 2. The van der Waals surface area contributed by atoms with Gasteiger partial charge in [0, 0.05) is 37.5 Å². The molecule has 1 aliphatic rings. The van der Waals surface area contributed by atoms with Gasteiger partial charge in [-0.3, -0.25) is 19.4 Å². The highest BCUT2D eigenvalue weighted by Crippen LogP contribution is 2.24. The molecule has 0 bridgehead atoms. The number of carbonyl (C=O) groups is 3. The number of imide groups is 1. The molecule has 2 heterocycles. The zero-order chi connectivity index (χ0) is 18.5. The summed E-state index contributed by atoms with van der Waals surface area (Å²) in [6.45, 7) is 1.98. The van der Waals surface area contributed by atoms with Crippen molar-refractivity contribution in [2.24, 2.45) is 0 Å². The minimum atomic E-state index is -0.527. The van der Waals surface area contributed by atoms with Gasteiger partial charge in [0.25, 0.3) is 5.91 Å². The van der Waals surface area contributed by atoms with E-state index in [2.05, 4.69) is 15.6 Å². The SMILES string of the molecule is CC(=O)Nc1ccc(N2C(=O)C[C@@H](NCCc3ccccn3)C2=O)cc1. The summed E-state index contributed by atoms with van der Waals surface area (Å²) in [6, 6.07) is 11.8. The van der Waals surface area contributed by atoms with Crippen LogP contribution in [0.2, 0.25) is 0 Å². The van der Waals surface area contributed by atoms with Crippen LogP contribution < -0.4 is 15.5 Å². The van der Waals surface area contributed by atoms with Crippen LogP contribution in [0.25, 0.3) is 0 Å². The van der Waals surface area contributed by atoms with Crippen molar-refractivity contribution in [3.63, 3.8) is 0 Å². The van der Waals surface area contributed by atoms with Gasteiger partial charge in [0.1, 0.15) is 0 Å². The average Bonchev–Trinajstić information content (AvgIpc) is 2.90. The molecule has 7 nitrogen and oxygen atoms in total. The molecule has 7 heteroatoms. The number of aromatic nitrogens is 1. The van der Waals surface area contributed by atoms with E-state index < -0.39 is 6.04 Å². The molecule has 3 rings (SSSR count). The van der Waals surface area contributed by atoms with E-state index >= 15 is 0 Å². The molecule has 0 saturated carbocycles. The van der Waals surface area contributed by atoms with Crippen LogP contribution in [0.4, 0.5) is 11.4 Å². The molecule has 1 aromatic carbocycles. The standard InChI is InChI=1S/C19H20N4O3/c1-13(24)22-15-5-7-16(8-6-15)23-18(25)12-17(19(23)26)21-11-9-14-4-2-3-10-20-14/h2-8,10,17,21H,9,11-12H2,1H3,(H,22,24)/t17-/m1/s1. The van der Waals surface area contributed by atoms with Crippen molar-refractivity contribution in [2.75, 3.05) is 16.8 Å². The van der Waals surface area contributed by atoms with Crippen LogP contribution in [0.3, 0.4) is 0 Å². The van der Waals surface area contributed by atoms with Gasteiger partial charge in [-0.1, -0.05) is 6.07 Å². The fourth-order valence-corrected chi connectivity index (χ4v) is 2.88. The topological polar surface area (TPSA) is 91.4 Å². The van der Waals surface area contributed by atoms with Gasteiger partial charge in [0.05, 0.1) is 18.2 Å². The molecular formula is C19H20N4O3. The molecule has 0 aliphatic carbocycles. The van der Waals surface area contributed by atoms with E-state index in [1.165, 1.54) is 11.8 Å². The molecule has 134 valence electrons. The fraction of sp³-hybridized carbons (Fsp3) is 0.263. The van der Waals surface area contributed by atoms with Crippen LogP contribution in [-0.2, 0) is 20.8 Å². The zero-order valence-electron chi connectivity index (χ0n) is 14.4. The Hall–Kier alpha value is -3.06. The number of pyridine rings is 1. The van der Waals surface area contributed by atoms with E-state index in [0.29, 0.717) is 24.3 Å². The largest absolute Gasteiger partial charge is 0.326 e. The van der Waals surface area contributed by atoms with Crippen LogP contribution in [0.5, 0.6) is 0 Å². The first-order chi connectivity index (χ1) is 12.5. The maximum absolute atomic E-state index is 12.6. The van der Waals surface area contributed by atoms with Gasteiger partial charge in [0.15, 0.2) is 0 Å². The van der Waals surface area contributed by atoms with Crippen molar-refractivity contribution in [1.29, 1.82) is 0 Å². The van der Waals surface area contributed by atoms with Gasteiger partial charge in [0.2, 0.25) is 11.8 Å². The Morgan fingerprint density at radius 3 is 2.62 bits per heavy atom. The second-order valence-corrected chi connectivity index (χ2v) is 6.08. The number of hydrogen-bond acceptors (Lipinski definition) is 5. The molecule has 2 N–H and O–H groups in total. The first-order valence-corrected chi connectivity index (χ1v) is 8.42. The quantitative estimate of drug-likeness (QED) is 0.769. The van der Waals surface area contributed by atoms with Crippen LogP contribution in [0.15, 0.2) is 48.7 Å². The first-order valence-electron chi connectivity index (χ1n) is 8.42. The van der Waals surface area contributed by atoms with Crippen LogP contribution in [0.1, 0.15) is 19.0 Å². The Morgan fingerprint density at radius 1 is 1.19 bits per heavy atom. The Morgan fingerprint density at radius 2 is 1.96 bits per heavy atom. The number of nitrogens with zero attached hydrogens (tertiary/aromatic N) is 2. The minimum absolute atomic E-state index is 0.133. The fourth-order valence-electron chi connectivity index (χ4n) is 2.88. The lowest BCUT2D eigenvalue weighted by Crippen LogP contribution is -2.39. The van der Waals surface area contributed by atoms with Crippen molar-refractivity contribution in [3.05, 3.63) is 54.4 Å². The predicted molar refractivity (Wildman–Crippen MR) is 97.6 cm³/mol. The van der Waals surface area contributed by atoms with Crippen molar-refractivity contribution in [1.82, 2.24) is 10.3 Å². The minimum Gasteiger partial charge on any atom is -0.326 e. The zero-order valence-corrected chi connectivity index (χ0v) is 14.4. The summed E-state index contributed by atoms with van der Waals surface area (Å²) in [5.74, 6) is -0.677. The summed E-state index contributed by atoms with van der Waals surface area (Å²) in [7, 11) is 0. The van der Waals surface area contributed by atoms with Crippen molar-refractivity contribution < 1.29 is 14.4 Å². The molecule has 0 spiro atoms. The highest BCUT2D eigenvalue weighted by Gasteiger charge is 2.39. The molecule has 1 fully saturated rings. The normalized spacial score (nSPS) is 16.8. The van der Waals surface area contributed by atoms with Gasteiger partial charge < -0.3 is 10.6 Å². The third-order valence-corrected chi connectivity index (χ3v) is 4.09. The molecular weight excluding hydrogens is 332 g/mol. The Balaban J connectivity index is 1.60. The molecule has 1 aliphatic heterocycles. The lowest BCUT2D eigenvalue weighted by Gasteiger charge is -2.16. The van der Waals surface area contributed by atoms with E-state index in [9.17, 15) is 14.4 Å². The van der Waals surface area contributed by atoms with Crippen LogP contribution in [0, 0.1) is 0 Å². The number of rotatable bonds is 6. The van der Waals surface area contributed by atoms with E-state index in [-0.39, 0.29) is 24.1 Å². The molecule has 26 heavy (non-hydrogen) atoms. The van der Waals surface area contributed by atoms with E-state index in [4.69, 9.17) is 0 Å². The monoisotopic (exact) mass is 352 g/mol. The van der Waals surface area contributed by atoms with Gasteiger partial charge >= 0.3 is 0 Å². The van der Waals surface area contributed by atoms with Gasteiger partial charge in [-0.15, -0.1) is 0 Å². The van der Waals surface area contributed by atoms with E-state index in [1.54, 1.807) is 30.5 Å². The molecule has 0 radical (unpaired) electrons. The summed E-state index contributed by atoms with van der Waals surface area (Å²) in [5, 5.41) is 5.79. The second-order valence-electron chi connectivity index (χ2n) is 6.08. The molecule has 2 aromatic rings. The van der Waals surface area contributed by atoms with Crippen LogP contribution >= 0.6 is 0 Å². The Kier molecular flexibility index (Phi) is 5.38. The lowest BCUT2D eigenvalue weighted by atomic mass is 10.2. The highest BCUT2D eigenvalue weighted by atomic mass is 16.2. The van der Waals surface area contributed by atoms with Crippen LogP contribution in [-0.4, -0.2) is 35.3 Å². The number of nitrogens with one attached hydrogen (secondary N) is 2. The molecule has 1 atom stereocenters. The van der Waals surface area contributed by atoms with Gasteiger partial charge in [-0.2, -0.15) is 0 Å². The summed E-state index contributed by atoms with van der Waals surface area (Å²) in [6.07, 6.45) is 2.55. The van der Waals surface area contributed by atoms with Gasteiger partial charge in [-0.25, -0.2) is 4.90 Å². The summed E-state index contributed by atoms with van der Waals surface area (Å²) in [4.78, 5) is 41.3. The molecule has 1 aromatic heterocycles.